The quantitative estimate of drug-likeness (QED) is 0.643. The van der Waals surface area contributed by atoms with Gasteiger partial charge < -0.3 is 4.90 Å². The zero-order valence-corrected chi connectivity index (χ0v) is 18.2. The van der Waals surface area contributed by atoms with Gasteiger partial charge in [-0.25, -0.2) is 22.2 Å². The molecule has 7 nitrogen and oxygen atoms in total. The molecule has 2 aromatic heterocycles. The molecule has 0 radical (unpaired) electrons. The van der Waals surface area contributed by atoms with Crippen LogP contribution in [0.2, 0.25) is 0 Å². The number of hydrogen-bond donors (Lipinski definition) is 1. The van der Waals surface area contributed by atoms with Gasteiger partial charge in [0.2, 0.25) is 0 Å². The van der Waals surface area contributed by atoms with Crippen molar-refractivity contribution in [2.75, 3.05) is 16.2 Å². The summed E-state index contributed by atoms with van der Waals surface area (Å²) in [5, 5.41) is 4.51. The average molecular weight is 448 g/mol. The third-order valence-corrected chi connectivity index (χ3v) is 7.01. The molecule has 0 spiro atoms. The molecule has 1 aliphatic rings. The van der Waals surface area contributed by atoms with Crippen LogP contribution in [-0.4, -0.2) is 29.7 Å². The Morgan fingerprint density at radius 3 is 2.52 bits per heavy atom. The summed E-state index contributed by atoms with van der Waals surface area (Å²) in [4.78, 5) is 6.49. The standard InChI is InChI=1S/C21H23F2N5O2S/c1-13-21(14(2)27(3)25-13)19-5-4-10-28(19)20-9-7-16(12-24-20)31(29,30)26-15-6-8-17(22)18(23)11-15/h6-9,11-12,19,26H,4-5,10H2,1-3H3. The zero-order chi connectivity index (χ0) is 22.3. The predicted molar refractivity (Wildman–Crippen MR) is 113 cm³/mol. The first kappa shape index (κ1) is 21.2. The molecule has 3 aromatic rings. The molecule has 10 heteroatoms. The fraction of sp³-hybridized carbons (Fsp3) is 0.333. The molecule has 1 N–H and O–H groups in total. The summed E-state index contributed by atoms with van der Waals surface area (Å²) < 4.78 is 55.8. The number of nitrogens with zero attached hydrogens (tertiary/aromatic N) is 4. The van der Waals surface area contributed by atoms with Crippen molar-refractivity contribution in [2.24, 2.45) is 7.05 Å². The van der Waals surface area contributed by atoms with E-state index in [9.17, 15) is 17.2 Å². The zero-order valence-electron chi connectivity index (χ0n) is 17.4. The first-order chi connectivity index (χ1) is 14.7. The summed E-state index contributed by atoms with van der Waals surface area (Å²) in [7, 11) is -2.07. The smallest absolute Gasteiger partial charge is 0.263 e. The van der Waals surface area contributed by atoms with Crippen LogP contribution in [0.25, 0.3) is 0 Å². The van der Waals surface area contributed by atoms with Crippen LogP contribution in [0.1, 0.15) is 35.8 Å². The number of halogens is 2. The monoisotopic (exact) mass is 447 g/mol. The van der Waals surface area contributed by atoms with E-state index in [1.807, 2.05) is 25.6 Å². The maximum absolute atomic E-state index is 13.4. The van der Waals surface area contributed by atoms with E-state index in [-0.39, 0.29) is 16.6 Å². The average Bonchev–Trinajstić information content (AvgIpc) is 3.29. The molecule has 0 bridgehead atoms. The fourth-order valence-corrected chi connectivity index (χ4v) is 5.08. The van der Waals surface area contributed by atoms with Crippen molar-refractivity contribution >= 4 is 21.5 Å². The van der Waals surface area contributed by atoms with Crippen LogP contribution in [0, 0.1) is 25.5 Å². The maximum Gasteiger partial charge on any atom is 0.263 e. The van der Waals surface area contributed by atoms with Crippen molar-refractivity contribution in [1.29, 1.82) is 0 Å². The number of pyridine rings is 1. The first-order valence-electron chi connectivity index (χ1n) is 9.88. The van der Waals surface area contributed by atoms with Crippen LogP contribution >= 0.6 is 0 Å². The van der Waals surface area contributed by atoms with Gasteiger partial charge in [-0.2, -0.15) is 5.10 Å². The molecule has 1 fully saturated rings. The van der Waals surface area contributed by atoms with Crippen molar-refractivity contribution in [1.82, 2.24) is 14.8 Å². The molecular formula is C21H23F2N5O2S. The van der Waals surface area contributed by atoms with Gasteiger partial charge in [-0.3, -0.25) is 9.40 Å². The summed E-state index contributed by atoms with van der Waals surface area (Å²) in [5.74, 6) is -1.50. The summed E-state index contributed by atoms with van der Waals surface area (Å²) in [6, 6.07) is 6.07. The highest BCUT2D eigenvalue weighted by Crippen LogP contribution is 2.38. The SMILES string of the molecule is Cc1nn(C)c(C)c1C1CCCN1c1ccc(S(=O)(=O)Nc2ccc(F)c(F)c2)cn1. The number of benzene rings is 1. The highest BCUT2D eigenvalue weighted by molar-refractivity contribution is 7.92. The lowest BCUT2D eigenvalue weighted by atomic mass is 10.0. The van der Waals surface area contributed by atoms with Crippen LogP contribution in [-0.2, 0) is 17.1 Å². The van der Waals surface area contributed by atoms with Gasteiger partial charge in [-0.05, 0) is 51.0 Å². The topological polar surface area (TPSA) is 80.1 Å². The number of anilines is 2. The Morgan fingerprint density at radius 2 is 1.90 bits per heavy atom. The Balaban J connectivity index is 1.57. The van der Waals surface area contributed by atoms with Crippen LogP contribution in [0.3, 0.4) is 0 Å². The Morgan fingerprint density at radius 1 is 1.13 bits per heavy atom. The maximum atomic E-state index is 13.4. The third kappa shape index (κ3) is 3.99. The minimum absolute atomic E-state index is 0.0644. The Hall–Kier alpha value is -3.01. The van der Waals surface area contributed by atoms with E-state index in [4.69, 9.17) is 0 Å². The Bertz CT molecular complexity index is 1230. The minimum Gasteiger partial charge on any atom is -0.349 e. The van der Waals surface area contributed by atoms with Gasteiger partial charge >= 0.3 is 0 Å². The Kier molecular flexibility index (Phi) is 5.42. The molecule has 1 aliphatic heterocycles. The third-order valence-electron chi connectivity index (χ3n) is 5.65. The van der Waals surface area contributed by atoms with Gasteiger partial charge in [0.25, 0.3) is 10.0 Å². The predicted octanol–water partition coefficient (Wildman–Crippen LogP) is 3.85. The van der Waals surface area contributed by atoms with E-state index in [2.05, 4.69) is 19.7 Å². The lowest BCUT2D eigenvalue weighted by molar-refractivity contribution is 0.509. The van der Waals surface area contributed by atoms with Crippen LogP contribution < -0.4 is 9.62 Å². The number of aromatic nitrogens is 3. The molecule has 0 saturated carbocycles. The largest absolute Gasteiger partial charge is 0.349 e. The van der Waals surface area contributed by atoms with E-state index < -0.39 is 21.7 Å². The summed E-state index contributed by atoms with van der Waals surface area (Å²) in [5.41, 5.74) is 3.19. The molecule has 0 amide bonds. The molecule has 1 atom stereocenters. The minimum atomic E-state index is -3.99. The normalized spacial score (nSPS) is 16.7. The summed E-state index contributed by atoms with van der Waals surface area (Å²) in [6.07, 6.45) is 3.24. The molecule has 3 heterocycles. The van der Waals surface area contributed by atoms with Crippen molar-refractivity contribution in [3.8, 4) is 0 Å². The second kappa shape index (κ2) is 7.92. The van der Waals surface area contributed by atoms with Crippen LogP contribution in [0.4, 0.5) is 20.3 Å². The molecule has 31 heavy (non-hydrogen) atoms. The number of rotatable bonds is 5. The molecular weight excluding hydrogens is 424 g/mol. The van der Waals surface area contributed by atoms with Crippen LogP contribution in [0.15, 0.2) is 41.4 Å². The van der Waals surface area contributed by atoms with Gasteiger partial charge in [0.05, 0.1) is 17.4 Å². The molecule has 4 rings (SSSR count). The van der Waals surface area contributed by atoms with Crippen molar-refractivity contribution in [3.05, 3.63) is 65.1 Å². The lowest BCUT2D eigenvalue weighted by Crippen LogP contribution is -2.24. The second-order valence-corrected chi connectivity index (χ2v) is 9.33. The van der Waals surface area contributed by atoms with E-state index in [0.717, 1.165) is 49.0 Å². The van der Waals surface area contributed by atoms with Gasteiger partial charge in [-0.1, -0.05) is 0 Å². The van der Waals surface area contributed by atoms with Gasteiger partial charge in [0.1, 0.15) is 10.7 Å². The second-order valence-electron chi connectivity index (χ2n) is 7.65. The molecule has 1 saturated heterocycles. The lowest BCUT2D eigenvalue weighted by Gasteiger charge is -2.26. The summed E-state index contributed by atoms with van der Waals surface area (Å²) >= 11 is 0. The number of sulfonamides is 1. The van der Waals surface area contributed by atoms with Crippen LogP contribution in [0.5, 0.6) is 0 Å². The Labute approximate surface area is 179 Å². The molecule has 0 aliphatic carbocycles. The van der Waals surface area contributed by atoms with E-state index >= 15 is 0 Å². The summed E-state index contributed by atoms with van der Waals surface area (Å²) in [6.45, 7) is 4.84. The van der Waals surface area contributed by atoms with Gasteiger partial charge in [0, 0.05) is 37.1 Å². The van der Waals surface area contributed by atoms with Gasteiger partial charge in [0.15, 0.2) is 11.6 Å². The highest BCUT2D eigenvalue weighted by Gasteiger charge is 2.31. The van der Waals surface area contributed by atoms with Crippen molar-refractivity contribution in [2.45, 2.75) is 37.6 Å². The number of hydrogen-bond acceptors (Lipinski definition) is 5. The highest BCUT2D eigenvalue weighted by atomic mass is 32.2. The molecule has 1 aromatic carbocycles. The number of aryl methyl sites for hydroxylation is 2. The van der Waals surface area contributed by atoms with Gasteiger partial charge in [-0.15, -0.1) is 0 Å². The van der Waals surface area contributed by atoms with E-state index in [1.54, 1.807) is 6.07 Å². The first-order valence-corrected chi connectivity index (χ1v) is 11.4. The number of nitrogens with one attached hydrogen (secondary N) is 1. The van der Waals surface area contributed by atoms with Crippen molar-refractivity contribution in [3.63, 3.8) is 0 Å². The van der Waals surface area contributed by atoms with E-state index in [1.165, 1.54) is 17.8 Å². The molecule has 164 valence electrons. The molecule has 1 unspecified atom stereocenters. The fourth-order valence-electron chi connectivity index (χ4n) is 4.09. The van der Waals surface area contributed by atoms with E-state index in [0.29, 0.717) is 5.82 Å². The van der Waals surface area contributed by atoms with Crippen molar-refractivity contribution < 1.29 is 17.2 Å².